The van der Waals surface area contributed by atoms with Crippen molar-refractivity contribution in [1.82, 2.24) is 4.90 Å². The van der Waals surface area contributed by atoms with E-state index in [1.165, 1.54) is 5.56 Å². The summed E-state index contributed by atoms with van der Waals surface area (Å²) in [6.07, 6.45) is 0. The van der Waals surface area contributed by atoms with Crippen molar-refractivity contribution >= 4 is 5.97 Å². The highest BCUT2D eigenvalue weighted by Crippen LogP contribution is 2.13. The van der Waals surface area contributed by atoms with Crippen LogP contribution in [0.15, 0.2) is 42.5 Å². The predicted octanol–water partition coefficient (Wildman–Crippen LogP) is 4.16. The van der Waals surface area contributed by atoms with Gasteiger partial charge in [-0.2, -0.15) is 0 Å². The van der Waals surface area contributed by atoms with E-state index in [0.717, 1.165) is 43.4 Å². The number of carbonyl (C=O) groups excluding carboxylic acids is 1. The molecule has 0 amide bonds. The summed E-state index contributed by atoms with van der Waals surface area (Å²) in [5.41, 5.74) is 1.57. The van der Waals surface area contributed by atoms with Crippen LogP contribution in [0.2, 0.25) is 0 Å². The van der Waals surface area contributed by atoms with Crippen molar-refractivity contribution < 1.29 is 18.3 Å². The van der Waals surface area contributed by atoms with Gasteiger partial charge in [-0.3, -0.25) is 4.90 Å². The van der Waals surface area contributed by atoms with E-state index in [2.05, 4.69) is 18.7 Å². The third-order valence-corrected chi connectivity index (χ3v) is 3.84. The molecule has 24 heavy (non-hydrogen) atoms. The van der Waals surface area contributed by atoms with Gasteiger partial charge in [0.2, 0.25) is 0 Å². The number of ether oxygens (including phenoxy) is 1. The highest BCUT2D eigenvalue weighted by Gasteiger charge is 2.14. The van der Waals surface area contributed by atoms with Gasteiger partial charge in [0.05, 0.1) is 5.56 Å². The van der Waals surface area contributed by atoms with Gasteiger partial charge in [0, 0.05) is 6.54 Å². The van der Waals surface area contributed by atoms with Crippen molar-refractivity contribution in [2.45, 2.75) is 27.0 Å². The molecule has 0 aliphatic rings. The second-order valence-electron chi connectivity index (χ2n) is 5.48. The number of benzene rings is 2. The van der Waals surface area contributed by atoms with Gasteiger partial charge in [0.1, 0.15) is 18.2 Å². The summed E-state index contributed by atoms with van der Waals surface area (Å²) in [7, 11) is 0. The normalized spacial score (nSPS) is 10.9. The molecular weight excluding hydrogens is 312 g/mol. The lowest BCUT2D eigenvalue weighted by molar-refractivity contribution is 0.0466. The van der Waals surface area contributed by atoms with E-state index in [1.807, 2.05) is 24.3 Å². The number of hydrogen-bond acceptors (Lipinski definition) is 3. The van der Waals surface area contributed by atoms with Crippen molar-refractivity contribution in [2.24, 2.45) is 0 Å². The quantitative estimate of drug-likeness (QED) is 0.713. The van der Waals surface area contributed by atoms with Crippen LogP contribution in [0.1, 0.15) is 35.3 Å². The molecule has 0 spiro atoms. The van der Waals surface area contributed by atoms with Gasteiger partial charge in [0.15, 0.2) is 0 Å². The zero-order valence-electron chi connectivity index (χ0n) is 13.9. The summed E-state index contributed by atoms with van der Waals surface area (Å²) < 4.78 is 31.7. The van der Waals surface area contributed by atoms with Crippen LogP contribution < -0.4 is 0 Å². The fraction of sp³-hybridized carbons (Fsp3) is 0.316. The van der Waals surface area contributed by atoms with E-state index in [9.17, 15) is 13.6 Å². The first kappa shape index (κ1) is 18.1. The fourth-order valence-corrected chi connectivity index (χ4v) is 2.33. The van der Waals surface area contributed by atoms with Crippen molar-refractivity contribution in [3.8, 4) is 0 Å². The Morgan fingerprint density at radius 2 is 1.62 bits per heavy atom. The molecular formula is C19H21F2NO2. The molecule has 0 atom stereocenters. The highest BCUT2D eigenvalue weighted by atomic mass is 19.1. The maximum atomic E-state index is 13.5. The average molecular weight is 333 g/mol. The monoisotopic (exact) mass is 333 g/mol. The number of esters is 1. The molecule has 0 fully saturated rings. The molecule has 0 aromatic heterocycles. The minimum atomic E-state index is -0.876. The summed E-state index contributed by atoms with van der Waals surface area (Å²) in [4.78, 5) is 14.1. The van der Waals surface area contributed by atoms with Crippen molar-refractivity contribution in [3.63, 3.8) is 0 Å². The Kier molecular flexibility index (Phi) is 6.44. The van der Waals surface area contributed by atoms with E-state index in [4.69, 9.17) is 4.74 Å². The topological polar surface area (TPSA) is 29.5 Å². The van der Waals surface area contributed by atoms with Crippen LogP contribution in [0.3, 0.4) is 0 Å². The first-order valence-electron chi connectivity index (χ1n) is 7.95. The lowest BCUT2D eigenvalue weighted by Crippen LogP contribution is -2.22. The van der Waals surface area contributed by atoms with E-state index >= 15 is 0 Å². The zero-order chi connectivity index (χ0) is 17.5. The van der Waals surface area contributed by atoms with Gasteiger partial charge in [-0.05, 0) is 42.4 Å². The van der Waals surface area contributed by atoms with Crippen LogP contribution in [0.25, 0.3) is 0 Å². The Labute approximate surface area is 140 Å². The SMILES string of the molecule is CCN(CC)Cc1ccc(COC(=O)c2cc(F)ccc2F)cc1. The fourth-order valence-electron chi connectivity index (χ4n) is 2.33. The largest absolute Gasteiger partial charge is 0.457 e. The van der Waals surface area contributed by atoms with Crippen molar-refractivity contribution in [1.29, 1.82) is 0 Å². The molecule has 0 radical (unpaired) electrons. The van der Waals surface area contributed by atoms with Gasteiger partial charge in [0.25, 0.3) is 0 Å². The number of hydrogen-bond donors (Lipinski definition) is 0. The van der Waals surface area contributed by atoms with Gasteiger partial charge < -0.3 is 4.74 Å². The Bertz CT molecular complexity index is 682. The summed E-state index contributed by atoms with van der Waals surface area (Å²) in [6.45, 7) is 7.07. The molecule has 2 aromatic carbocycles. The maximum Gasteiger partial charge on any atom is 0.341 e. The van der Waals surface area contributed by atoms with Gasteiger partial charge >= 0.3 is 5.97 Å². The number of halogens is 2. The Hall–Kier alpha value is -2.27. The second kappa shape index (κ2) is 8.55. The van der Waals surface area contributed by atoms with Gasteiger partial charge in [-0.15, -0.1) is 0 Å². The summed E-state index contributed by atoms with van der Waals surface area (Å²) >= 11 is 0. The molecule has 0 saturated heterocycles. The lowest BCUT2D eigenvalue weighted by Gasteiger charge is -2.18. The molecule has 0 bridgehead atoms. The Morgan fingerprint density at radius 3 is 2.25 bits per heavy atom. The average Bonchev–Trinajstić information content (AvgIpc) is 2.60. The maximum absolute atomic E-state index is 13.5. The van der Waals surface area contributed by atoms with Gasteiger partial charge in [-0.25, -0.2) is 13.6 Å². The van der Waals surface area contributed by atoms with Gasteiger partial charge in [-0.1, -0.05) is 38.1 Å². The minimum Gasteiger partial charge on any atom is -0.457 e. The van der Waals surface area contributed by atoms with Crippen LogP contribution in [0, 0.1) is 11.6 Å². The molecule has 2 rings (SSSR count). The third-order valence-electron chi connectivity index (χ3n) is 3.84. The molecule has 0 N–H and O–H groups in total. The summed E-state index contributed by atoms with van der Waals surface area (Å²) in [5.74, 6) is -2.35. The number of nitrogens with zero attached hydrogens (tertiary/aromatic N) is 1. The van der Waals surface area contributed by atoms with Crippen molar-refractivity contribution in [3.05, 3.63) is 70.8 Å². The molecule has 5 heteroatoms. The molecule has 0 aliphatic heterocycles. The summed E-state index contributed by atoms with van der Waals surface area (Å²) in [5, 5.41) is 0. The van der Waals surface area contributed by atoms with Crippen LogP contribution in [-0.4, -0.2) is 24.0 Å². The van der Waals surface area contributed by atoms with Crippen LogP contribution in [0.4, 0.5) is 8.78 Å². The lowest BCUT2D eigenvalue weighted by atomic mass is 10.1. The Morgan fingerprint density at radius 1 is 1.00 bits per heavy atom. The van der Waals surface area contributed by atoms with E-state index in [-0.39, 0.29) is 6.61 Å². The van der Waals surface area contributed by atoms with Crippen LogP contribution in [-0.2, 0) is 17.9 Å². The Balaban J connectivity index is 1.94. The van der Waals surface area contributed by atoms with E-state index in [0.29, 0.717) is 0 Å². The smallest absolute Gasteiger partial charge is 0.341 e. The molecule has 2 aromatic rings. The van der Waals surface area contributed by atoms with Crippen LogP contribution >= 0.6 is 0 Å². The molecule has 0 unspecified atom stereocenters. The molecule has 128 valence electrons. The molecule has 0 heterocycles. The van der Waals surface area contributed by atoms with E-state index < -0.39 is 23.2 Å². The predicted molar refractivity (Wildman–Crippen MR) is 88.5 cm³/mol. The number of carbonyl (C=O) groups is 1. The highest BCUT2D eigenvalue weighted by molar-refractivity contribution is 5.89. The first-order valence-corrected chi connectivity index (χ1v) is 7.95. The van der Waals surface area contributed by atoms with Crippen LogP contribution in [0.5, 0.6) is 0 Å². The molecule has 0 saturated carbocycles. The molecule has 0 aliphatic carbocycles. The number of rotatable bonds is 7. The van der Waals surface area contributed by atoms with Crippen molar-refractivity contribution in [2.75, 3.05) is 13.1 Å². The minimum absolute atomic E-state index is 0.0142. The first-order chi connectivity index (χ1) is 11.5. The van der Waals surface area contributed by atoms with E-state index in [1.54, 1.807) is 0 Å². The zero-order valence-corrected chi connectivity index (χ0v) is 13.9. The second-order valence-corrected chi connectivity index (χ2v) is 5.48. The summed E-state index contributed by atoms with van der Waals surface area (Å²) in [6, 6.07) is 10.4. The standard InChI is InChI=1S/C19H21F2NO2/c1-3-22(4-2)12-14-5-7-15(8-6-14)13-24-19(23)17-11-16(20)9-10-18(17)21/h5-11H,3-4,12-13H2,1-2H3. The molecule has 3 nitrogen and oxygen atoms in total. The third kappa shape index (κ3) is 4.86.